The molecule has 0 bridgehead atoms. The molecule has 0 aromatic carbocycles. The normalized spacial score (nSPS) is 12.2. The van der Waals surface area contributed by atoms with Gasteiger partial charge in [-0.1, -0.05) is 20.8 Å². The molecule has 2 aromatic rings. The molecule has 0 amide bonds. The summed E-state index contributed by atoms with van der Waals surface area (Å²) >= 11 is 0. The zero-order chi connectivity index (χ0) is 10.2. The van der Waals surface area contributed by atoms with Gasteiger partial charge in [-0.3, -0.25) is 0 Å². The lowest BCUT2D eigenvalue weighted by Gasteiger charge is -2.21. The van der Waals surface area contributed by atoms with Crippen LogP contribution in [0.4, 0.5) is 0 Å². The zero-order valence-electron chi connectivity index (χ0n) is 8.99. The Labute approximate surface area is 84.6 Å². The van der Waals surface area contributed by atoms with E-state index in [4.69, 9.17) is 0 Å². The van der Waals surface area contributed by atoms with E-state index in [1.54, 1.807) is 0 Å². The van der Waals surface area contributed by atoms with Gasteiger partial charge in [-0.15, -0.1) is 0 Å². The first-order chi connectivity index (χ1) is 6.65. The Morgan fingerprint density at radius 3 is 2.86 bits per heavy atom. The van der Waals surface area contributed by atoms with Gasteiger partial charge >= 0.3 is 0 Å². The second kappa shape index (κ2) is 3.12. The molecule has 2 heterocycles. The molecular weight excluding hydrogens is 172 g/mol. The molecule has 0 radical (unpaired) electrons. The predicted molar refractivity (Wildman–Crippen MR) is 58.5 cm³/mol. The Morgan fingerprint density at radius 1 is 1.36 bits per heavy atom. The van der Waals surface area contributed by atoms with Crippen LogP contribution in [0, 0.1) is 0 Å². The van der Waals surface area contributed by atoms with Crippen molar-refractivity contribution in [1.29, 1.82) is 0 Å². The van der Waals surface area contributed by atoms with Crippen LogP contribution in [0.3, 0.4) is 0 Å². The van der Waals surface area contributed by atoms with E-state index in [2.05, 4.69) is 38.0 Å². The van der Waals surface area contributed by atoms with Crippen molar-refractivity contribution in [2.24, 2.45) is 0 Å². The van der Waals surface area contributed by atoms with E-state index in [0.717, 1.165) is 6.42 Å². The summed E-state index contributed by atoms with van der Waals surface area (Å²) in [4.78, 5) is 0. The van der Waals surface area contributed by atoms with Crippen LogP contribution in [0.5, 0.6) is 0 Å². The van der Waals surface area contributed by atoms with Crippen molar-refractivity contribution in [2.45, 2.75) is 32.6 Å². The second-order valence-electron chi connectivity index (χ2n) is 4.32. The Hall–Kier alpha value is -1.31. The third-order valence-corrected chi connectivity index (χ3v) is 3.05. The summed E-state index contributed by atoms with van der Waals surface area (Å²) < 4.78 is 1.94. The van der Waals surface area contributed by atoms with Crippen molar-refractivity contribution in [3.05, 3.63) is 36.2 Å². The summed E-state index contributed by atoms with van der Waals surface area (Å²) in [5.74, 6) is 0. The fourth-order valence-corrected chi connectivity index (χ4v) is 1.71. The number of rotatable bonds is 2. The minimum atomic E-state index is 0.234. The first-order valence-corrected chi connectivity index (χ1v) is 5.08. The van der Waals surface area contributed by atoms with E-state index in [1.807, 2.05) is 23.0 Å². The molecule has 0 saturated heterocycles. The minimum Gasteiger partial charge on any atom is -0.241 e. The molecular formula is C12H16N2. The maximum absolute atomic E-state index is 4.27. The number of hydrogen-bond donors (Lipinski definition) is 0. The van der Waals surface area contributed by atoms with Gasteiger partial charge in [0.1, 0.15) is 0 Å². The fourth-order valence-electron chi connectivity index (χ4n) is 1.71. The Bertz CT molecular complexity index is 440. The van der Waals surface area contributed by atoms with Crippen LogP contribution < -0.4 is 0 Å². The third-order valence-electron chi connectivity index (χ3n) is 3.05. The topological polar surface area (TPSA) is 17.3 Å². The lowest BCUT2D eigenvalue weighted by atomic mass is 9.83. The van der Waals surface area contributed by atoms with Crippen LogP contribution in [0.2, 0.25) is 0 Å². The Balaban J connectivity index is 2.64. The quantitative estimate of drug-likeness (QED) is 0.708. The highest BCUT2D eigenvalue weighted by atomic mass is 15.2. The molecule has 0 saturated carbocycles. The highest BCUT2D eigenvalue weighted by Gasteiger charge is 2.21. The van der Waals surface area contributed by atoms with Gasteiger partial charge in [0.15, 0.2) is 0 Å². The molecule has 0 N–H and O–H groups in total. The molecule has 2 rings (SSSR count). The first kappa shape index (κ1) is 9.25. The van der Waals surface area contributed by atoms with Gasteiger partial charge in [0.05, 0.1) is 5.52 Å². The number of fused-ring (bicyclic) bond motifs is 1. The van der Waals surface area contributed by atoms with Gasteiger partial charge in [-0.05, 0) is 35.6 Å². The van der Waals surface area contributed by atoms with Gasteiger partial charge in [0.25, 0.3) is 0 Å². The number of nitrogens with zero attached hydrogens (tertiary/aromatic N) is 2. The van der Waals surface area contributed by atoms with Crippen LogP contribution in [-0.4, -0.2) is 9.61 Å². The fraction of sp³-hybridized carbons (Fsp3) is 0.417. The highest BCUT2D eigenvalue weighted by Crippen LogP contribution is 2.30. The minimum absolute atomic E-state index is 0.234. The summed E-state index contributed by atoms with van der Waals surface area (Å²) in [6, 6.07) is 6.29. The average Bonchev–Trinajstić information content (AvgIpc) is 2.61. The molecule has 0 atom stereocenters. The molecule has 2 nitrogen and oxygen atoms in total. The molecule has 14 heavy (non-hydrogen) atoms. The Kier molecular flexibility index (Phi) is 2.06. The predicted octanol–water partition coefficient (Wildman–Crippen LogP) is 3.02. The maximum Gasteiger partial charge on any atom is 0.0684 e. The van der Waals surface area contributed by atoms with E-state index >= 15 is 0 Å². The van der Waals surface area contributed by atoms with Crippen LogP contribution in [0.15, 0.2) is 30.6 Å². The van der Waals surface area contributed by atoms with E-state index < -0.39 is 0 Å². The average molecular weight is 188 g/mol. The second-order valence-corrected chi connectivity index (χ2v) is 4.32. The molecule has 0 unspecified atom stereocenters. The van der Waals surface area contributed by atoms with Crippen molar-refractivity contribution in [2.75, 3.05) is 0 Å². The largest absolute Gasteiger partial charge is 0.241 e. The van der Waals surface area contributed by atoms with Crippen LogP contribution in [0.1, 0.15) is 32.8 Å². The zero-order valence-corrected chi connectivity index (χ0v) is 8.99. The van der Waals surface area contributed by atoms with Gasteiger partial charge in [-0.2, -0.15) is 5.10 Å². The molecule has 0 aliphatic rings. The van der Waals surface area contributed by atoms with Gasteiger partial charge in [0, 0.05) is 12.4 Å². The Morgan fingerprint density at radius 2 is 2.14 bits per heavy atom. The molecule has 0 fully saturated rings. The molecule has 0 spiro atoms. The van der Waals surface area contributed by atoms with Crippen molar-refractivity contribution in [1.82, 2.24) is 9.61 Å². The molecule has 2 heteroatoms. The summed E-state index contributed by atoms with van der Waals surface area (Å²) in [6.45, 7) is 6.77. The number of hydrogen-bond acceptors (Lipinski definition) is 1. The molecule has 74 valence electrons. The summed E-state index contributed by atoms with van der Waals surface area (Å²) in [5, 5.41) is 4.27. The van der Waals surface area contributed by atoms with Crippen molar-refractivity contribution < 1.29 is 0 Å². The van der Waals surface area contributed by atoms with E-state index in [9.17, 15) is 0 Å². The number of aromatic nitrogens is 2. The highest BCUT2D eigenvalue weighted by molar-refractivity contribution is 5.57. The van der Waals surface area contributed by atoms with Gasteiger partial charge < -0.3 is 0 Å². The monoisotopic (exact) mass is 188 g/mol. The van der Waals surface area contributed by atoms with Crippen LogP contribution in [-0.2, 0) is 5.41 Å². The maximum atomic E-state index is 4.27. The summed E-state index contributed by atoms with van der Waals surface area (Å²) in [6.07, 6.45) is 4.99. The van der Waals surface area contributed by atoms with E-state index in [-0.39, 0.29) is 5.41 Å². The summed E-state index contributed by atoms with van der Waals surface area (Å²) in [7, 11) is 0. The van der Waals surface area contributed by atoms with E-state index in [0.29, 0.717) is 0 Å². The first-order valence-electron chi connectivity index (χ1n) is 5.08. The molecule has 0 aliphatic heterocycles. The smallest absolute Gasteiger partial charge is 0.0684 e. The third kappa shape index (κ3) is 1.31. The lowest BCUT2D eigenvalue weighted by molar-refractivity contribution is 0.510. The standard InChI is InChI=1S/C12H16N2/c1-4-12(2,3)10-7-9-14-11(10)6-5-8-13-14/h5-9H,4H2,1-3H3. The SMILES string of the molecule is CCC(C)(C)c1ccn2ncccc12. The molecule has 0 aliphatic carbocycles. The summed E-state index contributed by atoms with van der Waals surface area (Å²) in [5.41, 5.74) is 2.84. The van der Waals surface area contributed by atoms with Gasteiger partial charge in [0.2, 0.25) is 0 Å². The van der Waals surface area contributed by atoms with Crippen molar-refractivity contribution in [3.63, 3.8) is 0 Å². The van der Waals surface area contributed by atoms with Crippen LogP contribution in [0.25, 0.3) is 5.52 Å². The van der Waals surface area contributed by atoms with Crippen molar-refractivity contribution >= 4 is 5.52 Å². The van der Waals surface area contributed by atoms with Crippen molar-refractivity contribution in [3.8, 4) is 0 Å². The van der Waals surface area contributed by atoms with E-state index in [1.165, 1.54) is 11.1 Å². The van der Waals surface area contributed by atoms with Crippen LogP contribution >= 0.6 is 0 Å². The molecule has 2 aromatic heterocycles. The van der Waals surface area contributed by atoms with Gasteiger partial charge in [-0.25, -0.2) is 4.52 Å². The lowest BCUT2D eigenvalue weighted by Crippen LogP contribution is -2.14.